The fourth-order valence-corrected chi connectivity index (χ4v) is 10.2. The van der Waals surface area contributed by atoms with Gasteiger partial charge in [-0.15, -0.1) is 0 Å². The molecule has 1 heterocycles. The van der Waals surface area contributed by atoms with Gasteiger partial charge in [0.25, 0.3) is 0 Å². The van der Waals surface area contributed by atoms with E-state index < -0.39 is 5.41 Å². The van der Waals surface area contributed by atoms with Gasteiger partial charge in [0.2, 0.25) is 0 Å². The van der Waals surface area contributed by atoms with Crippen LogP contribution in [0.25, 0.3) is 82.8 Å². The molecule has 8 aromatic carbocycles. The van der Waals surface area contributed by atoms with E-state index >= 15 is 0 Å². The Bertz CT molecular complexity index is 2900. The minimum Gasteiger partial charge on any atom is -0.309 e. The molecule has 12 rings (SSSR count). The van der Waals surface area contributed by atoms with Crippen LogP contribution >= 0.6 is 11.6 Å². The standard InChI is InChI=1S/C47H26ClN/c48-46-44-34-18-10-12-27-11-9-17-32(43(27)34)36(44)26-40-45(46)33-16-2-6-20-38(33)47(40)37-19-5-1-13-29(37)35-25-28(23-24-39(35)47)49-41-21-7-3-14-30(41)31-15-4-8-22-42(31)49/h1-26H. The van der Waals surface area contributed by atoms with Gasteiger partial charge in [0.1, 0.15) is 0 Å². The third kappa shape index (κ3) is 2.97. The molecule has 2 heteroatoms. The summed E-state index contributed by atoms with van der Waals surface area (Å²) in [6, 6.07) is 58.4. The summed E-state index contributed by atoms with van der Waals surface area (Å²) in [7, 11) is 0. The molecule has 9 aromatic rings. The first-order chi connectivity index (χ1) is 24.2. The second-order valence-corrected chi connectivity index (χ2v) is 14.1. The van der Waals surface area contributed by atoms with E-state index in [2.05, 4.69) is 162 Å². The van der Waals surface area contributed by atoms with Gasteiger partial charge in [-0.2, -0.15) is 0 Å². The Hall–Kier alpha value is -5.89. The van der Waals surface area contributed by atoms with Crippen molar-refractivity contribution in [2.75, 3.05) is 0 Å². The summed E-state index contributed by atoms with van der Waals surface area (Å²) in [5.41, 5.74) is 18.2. The van der Waals surface area contributed by atoms with Crippen LogP contribution in [0.4, 0.5) is 0 Å². The number of nitrogens with zero attached hydrogens (tertiary/aromatic N) is 1. The molecule has 0 bridgehead atoms. The average Bonchev–Trinajstić information content (AvgIpc) is 3.85. The summed E-state index contributed by atoms with van der Waals surface area (Å²) >= 11 is 7.72. The van der Waals surface area contributed by atoms with Gasteiger partial charge in [-0.3, -0.25) is 0 Å². The van der Waals surface area contributed by atoms with Crippen molar-refractivity contribution in [2.24, 2.45) is 0 Å². The zero-order chi connectivity index (χ0) is 32.0. The first-order valence-corrected chi connectivity index (χ1v) is 17.4. The van der Waals surface area contributed by atoms with Crippen LogP contribution in [0, 0.1) is 0 Å². The Morgan fingerprint density at radius 3 is 1.76 bits per heavy atom. The molecule has 0 radical (unpaired) electrons. The van der Waals surface area contributed by atoms with Crippen molar-refractivity contribution in [3.63, 3.8) is 0 Å². The molecule has 0 fully saturated rings. The van der Waals surface area contributed by atoms with E-state index in [1.165, 1.54) is 93.9 Å². The Morgan fingerprint density at radius 1 is 0.408 bits per heavy atom. The smallest absolute Gasteiger partial charge is 0.0726 e. The lowest BCUT2D eigenvalue weighted by Crippen LogP contribution is -2.26. The molecule has 1 nitrogen and oxygen atoms in total. The number of halogens is 1. The predicted molar refractivity (Wildman–Crippen MR) is 204 cm³/mol. The molecule has 0 amide bonds. The molecule has 0 saturated carbocycles. The van der Waals surface area contributed by atoms with Crippen molar-refractivity contribution < 1.29 is 0 Å². The molecule has 3 aliphatic rings. The summed E-state index contributed by atoms with van der Waals surface area (Å²) < 4.78 is 2.43. The van der Waals surface area contributed by atoms with Crippen molar-refractivity contribution >= 4 is 44.2 Å². The summed E-state index contributed by atoms with van der Waals surface area (Å²) in [6.07, 6.45) is 0. The number of rotatable bonds is 1. The van der Waals surface area contributed by atoms with Gasteiger partial charge in [0.15, 0.2) is 0 Å². The van der Waals surface area contributed by atoms with Crippen LogP contribution in [0.2, 0.25) is 5.02 Å². The Balaban J connectivity index is 1.20. The zero-order valence-corrected chi connectivity index (χ0v) is 27.1. The normalized spacial score (nSPS) is 15.9. The van der Waals surface area contributed by atoms with Crippen LogP contribution in [-0.2, 0) is 5.41 Å². The minimum atomic E-state index is -0.488. The molecule has 226 valence electrons. The van der Waals surface area contributed by atoms with E-state index in [0.717, 1.165) is 16.1 Å². The predicted octanol–water partition coefficient (Wildman–Crippen LogP) is 12.6. The highest BCUT2D eigenvalue weighted by molar-refractivity contribution is 6.39. The van der Waals surface area contributed by atoms with Gasteiger partial charge in [0, 0.05) is 27.6 Å². The zero-order valence-electron chi connectivity index (χ0n) is 26.3. The highest BCUT2D eigenvalue weighted by Crippen LogP contribution is 2.66. The van der Waals surface area contributed by atoms with Crippen LogP contribution in [-0.4, -0.2) is 4.57 Å². The number of aromatic nitrogens is 1. The first-order valence-electron chi connectivity index (χ1n) is 17.0. The molecular weight excluding hydrogens is 614 g/mol. The molecular formula is C47H26ClN. The number of benzene rings is 8. The Labute approximate surface area is 288 Å². The van der Waals surface area contributed by atoms with Crippen LogP contribution in [0.1, 0.15) is 22.3 Å². The van der Waals surface area contributed by atoms with Gasteiger partial charge in [-0.05, 0) is 96.7 Å². The van der Waals surface area contributed by atoms with Crippen LogP contribution in [0.15, 0.2) is 158 Å². The van der Waals surface area contributed by atoms with Gasteiger partial charge in [0.05, 0.1) is 21.5 Å². The maximum atomic E-state index is 7.72. The van der Waals surface area contributed by atoms with Gasteiger partial charge in [-0.25, -0.2) is 0 Å². The van der Waals surface area contributed by atoms with E-state index in [9.17, 15) is 0 Å². The average molecular weight is 640 g/mol. The van der Waals surface area contributed by atoms with Crippen molar-refractivity contribution in [3.05, 3.63) is 185 Å². The largest absolute Gasteiger partial charge is 0.309 e. The van der Waals surface area contributed by atoms with Gasteiger partial charge in [-0.1, -0.05) is 139 Å². The maximum Gasteiger partial charge on any atom is 0.0726 e. The SMILES string of the molecule is Clc1c2c(cc3c1-c1ccccc1C31c3ccccc3-c3cc(-n4c5ccccc5c5ccccc54)ccc31)-c1cccc3cccc-2c13. The third-order valence-corrected chi connectivity index (χ3v) is 12.0. The topological polar surface area (TPSA) is 4.93 Å². The number of fused-ring (bicyclic) bond motifs is 16. The lowest BCUT2D eigenvalue weighted by Gasteiger charge is -2.31. The monoisotopic (exact) mass is 639 g/mol. The highest BCUT2D eigenvalue weighted by Gasteiger charge is 2.53. The number of hydrogen-bond acceptors (Lipinski definition) is 0. The van der Waals surface area contributed by atoms with E-state index in [0.29, 0.717) is 0 Å². The van der Waals surface area contributed by atoms with Crippen LogP contribution in [0.5, 0.6) is 0 Å². The fourth-order valence-electron chi connectivity index (χ4n) is 9.82. The Kier molecular flexibility index (Phi) is 4.78. The molecule has 1 atom stereocenters. The van der Waals surface area contributed by atoms with E-state index in [4.69, 9.17) is 11.6 Å². The third-order valence-electron chi connectivity index (χ3n) is 11.6. The Morgan fingerprint density at radius 2 is 1.00 bits per heavy atom. The molecule has 3 aliphatic carbocycles. The second-order valence-electron chi connectivity index (χ2n) is 13.7. The van der Waals surface area contributed by atoms with Crippen molar-refractivity contribution in [3.8, 4) is 50.2 Å². The molecule has 0 aliphatic heterocycles. The lowest BCUT2D eigenvalue weighted by atomic mass is 9.70. The summed E-state index contributed by atoms with van der Waals surface area (Å²) in [5, 5.41) is 5.96. The molecule has 0 N–H and O–H groups in total. The molecule has 1 unspecified atom stereocenters. The quantitative estimate of drug-likeness (QED) is 0.168. The van der Waals surface area contributed by atoms with Crippen molar-refractivity contribution in [1.82, 2.24) is 4.57 Å². The number of para-hydroxylation sites is 2. The highest BCUT2D eigenvalue weighted by atomic mass is 35.5. The number of hydrogen-bond donors (Lipinski definition) is 0. The first kappa shape index (κ1) is 26.1. The van der Waals surface area contributed by atoms with E-state index in [1.54, 1.807) is 0 Å². The molecule has 1 spiro atoms. The summed E-state index contributed by atoms with van der Waals surface area (Å²) in [5.74, 6) is 0. The fraction of sp³-hybridized carbons (Fsp3) is 0.0213. The summed E-state index contributed by atoms with van der Waals surface area (Å²) in [6.45, 7) is 0. The van der Waals surface area contributed by atoms with Crippen molar-refractivity contribution in [2.45, 2.75) is 5.41 Å². The molecule has 1 aromatic heterocycles. The molecule has 0 saturated heterocycles. The van der Waals surface area contributed by atoms with Crippen molar-refractivity contribution in [1.29, 1.82) is 0 Å². The minimum absolute atomic E-state index is 0.488. The maximum absolute atomic E-state index is 7.72. The van der Waals surface area contributed by atoms with Gasteiger partial charge >= 0.3 is 0 Å². The van der Waals surface area contributed by atoms with Crippen LogP contribution in [0.3, 0.4) is 0 Å². The van der Waals surface area contributed by atoms with Gasteiger partial charge < -0.3 is 4.57 Å². The summed E-state index contributed by atoms with van der Waals surface area (Å²) in [4.78, 5) is 0. The second kappa shape index (κ2) is 8.96. The lowest BCUT2D eigenvalue weighted by molar-refractivity contribution is 0.794. The van der Waals surface area contributed by atoms with E-state index in [1.807, 2.05) is 0 Å². The molecule has 49 heavy (non-hydrogen) atoms. The van der Waals surface area contributed by atoms with Crippen LogP contribution < -0.4 is 0 Å². The van der Waals surface area contributed by atoms with E-state index in [-0.39, 0.29) is 0 Å².